The third-order valence-corrected chi connectivity index (χ3v) is 2.90. The molecule has 4 nitrogen and oxygen atoms in total. The summed E-state index contributed by atoms with van der Waals surface area (Å²) in [6, 6.07) is 18.4. The van der Waals surface area contributed by atoms with Gasteiger partial charge in [0.2, 0.25) is 0 Å². The second-order valence-corrected chi connectivity index (χ2v) is 4.58. The first-order valence-electron chi connectivity index (χ1n) is 6.78. The molecule has 2 aromatic rings. The molecule has 0 fully saturated rings. The Bertz CT molecular complexity index is 539. The lowest BCUT2D eigenvalue weighted by Gasteiger charge is -2.15. The van der Waals surface area contributed by atoms with Gasteiger partial charge in [-0.15, -0.1) is 0 Å². The van der Waals surface area contributed by atoms with Crippen molar-refractivity contribution >= 4 is 5.97 Å². The molecule has 0 unspecified atom stereocenters. The van der Waals surface area contributed by atoms with E-state index in [1.807, 2.05) is 36.4 Å². The number of ether oxygens (including phenoxy) is 2. The normalized spacial score (nSPS) is 11.9. The lowest BCUT2D eigenvalue weighted by molar-refractivity contribution is -0.0274. The summed E-state index contributed by atoms with van der Waals surface area (Å²) < 4.78 is 10.7. The standard InChI is InChI=1S/C17H18O4/c18-11-16(13-20-12-14-7-3-1-4-8-14)21-17(19)15-9-5-2-6-10-15/h1-10,16,18H,11-13H2/t16-/m1/s1. The van der Waals surface area contributed by atoms with E-state index in [9.17, 15) is 9.90 Å². The number of hydrogen-bond donors (Lipinski definition) is 1. The van der Waals surface area contributed by atoms with Crippen molar-refractivity contribution in [2.75, 3.05) is 13.2 Å². The molecule has 0 saturated carbocycles. The van der Waals surface area contributed by atoms with Crippen LogP contribution in [0.4, 0.5) is 0 Å². The van der Waals surface area contributed by atoms with Crippen molar-refractivity contribution < 1.29 is 19.4 Å². The van der Waals surface area contributed by atoms with Gasteiger partial charge >= 0.3 is 5.97 Å². The van der Waals surface area contributed by atoms with E-state index in [0.717, 1.165) is 5.56 Å². The summed E-state index contributed by atoms with van der Waals surface area (Å²) in [4.78, 5) is 11.9. The van der Waals surface area contributed by atoms with E-state index in [0.29, 0.717) is 12.2 Å². The summed E-state index contributed by atoms with van der Waals surface area (Å²) in [7, 11) is 0. The third-order valence-electron chi connectivity index (χ3n) is 2.90. The van der Waals surface area contributed by atoms with E-state index < -0.39 is 12.1 Å². The van der Waals surface area contributed by atoms with E-state index in [1.54, 1.807) is 24.3 Å². The van der Waals surface area contributed by atoms with Crippen LogP contribution in [0.3, 0.4) is 0 Å². The molecule has 21 heavy (non-hydrogen) atoms. The summed E-state index contributed by atoms with van der Waals surface area (Å²) in [6.45, 7) is 0.303. The first-order chi connectivity index (χ1) is 10.3. The van der Waals surface area contributed by atoms with Gasteiger partial charge in [0, 0.05) is 0 Å². The number of hydrogen-bond acceptors (Lipinski definition) is 4. The fourth-order valence-electron chi connectivity index (χ4n) is 1.80. The number of carbonyl (C=O) groups excluding carboxylic acids is 1. The van der Waals surface area contributed by atoms with Crippen LogP contribution in [-0.4, -0.2) is 30.4 Å². The van der Waals surface area contributed by atoms with Gasteiger partial charge in [0.15, 0.2) is 0 Å². The second-order valence-electron chi connectivity index (χ2n) is 4.58. The molecule has 0 heterocycles. The highest BCUT2D eigenvalue weighted by atomic mass is 16.6. The van der Waals surface area contributed by atoms with Gasteiger partial charge in [0.25, 0.3) is 0 Å². The second kappa shape index (κ2) is 8.19. The highest BCUT2D eigenvalue weighted by molar-refractivity contribution is 5.89. The number of carbonyl (C=O) groups is 1. The molecule has 0 radical (unpaired) electrons. The zero-order valence-corrected chi connectivity index (χ0v) is 11.6. The first kappa shape index (κ1) is 15.2. The Hall–Kier alpha value is -2.17. The minimum atomic E-state index is -0.665. The molecule has 0 aliphatic heterocycles. The maximum absolute atomic E-state index is 11.9. The van der Waals surface area contributed by atoms with Crippen LogP contribution in [0.2, 0.25) is 0 Å². The highest BCUT2D eigenvalue weighted by Gasteiger charge is 2.15. The average Bonchev–Trinajstić information content (AvgIpc) is 2.55. The van der Waals surface area contributed by atoms with E-state index >= 15 is 0 Å². The van der Waals surface area contributed by atoms with Crippen LogP contribution in [0.15, 0.2) is 60.7 Å². The minimum absolute atomic E-state index is 0.157. The maximum Gasteiger partial charge on any atom is 0.338 e. The molecule has 0 aliphatic carbocycles. The van der Waals surface area contributed by atoms with Crippen molar-refractivity contribution in [3.8, 4) is 0 Å². The van der Waals surface area contributed by atoms with E-state index in [-0.39, 0.29) is 13.2 Å². The number of benzene rings is 2. The number of aliphatic hydroxyl groups is 1. The molecule has 0 spiro atoms. The highest BCUT2D eigenvalue weighted by Crippen LogP contribution is 2.06. The number of esters is 1. The van der Waals surface area contributed by atoms with Gasteiger partial charge in [-0.2, -0.15) is 0 Å². The molecule has 0 aromatic heterocycles. The topological polar surface area (TPSA) is 55.8 Å². The smallest absolute Gasteiger partial charge is 0.338 e. The van der Waals surface area contributed by atoms with Crippen LogP contribution >= 0.6 is 0 Å². The maximum atomic E-state index is 11.9. The average molecular weight is 286 g/mol. The SMILES string of the molecule is O=C(O[C@H](CO)COCc1ccccc1)c1ccccc1. The molecule has 0 saturated heterocycles. The van der Waals surface area contributed by atoms with Crippen molar-refractivity contribution in [3.05, 3.63) is 71.8 Å². The molecule has 1 N–H and O–H groups in total. The zero-order valence-electron chi connectivity index (χ0n) is 11.6. The van der Waals surface area contributed by atoms with Gasteiger partial charge < -0.3 is 14.6 Å². The summed E-state index contributed by atoms with van der Waals surface area (Å²) in [5.74, 6) is -0.460. The fraction of sp³-hybridized carbons (Fsp3) is 0.235. The van der Waals surface area contributed by atoms with E-state index in [2.05, 4.69) is 0 Å². The Morgan fingerprint density at radius 3 is 2.24 bits per heavy atom. The van der Waals surface area contributed by atoms with Gasteiger partial charge in [-0.25, -0.2) is 4.79 Å². The van der Waals surface area contributed by atoms with Gasteiger partial charge in [0.05, 0.1) is 25.4 Å². The fourth-order valence-corrected chi connectivity index (χ4v) is 1.80. The third kappa shape index (κ3) is 5.02. The van der Waals surface area contributed by atoms with Crippen molar-refractivity contribution in [1.82, 2.24) is 0 Å². The van der Waals surface area contributed by atoms with Crippen LogP contribution in [0.25, 0.3) is 0 Å². The summed E-state index contributed by atoms with van der Waals surface area (Å²) in [5, 5.41) is 9.26. The summed E-state index contributed by atoms with van der Waals surface area (Å²) >= 11 is 0. The molecule has 0 aliphatic rings. The van der Waals surface area contributed by atoms with Crippen molar-refractivity contribution in [2.45, 2.75) is 12.7 Å². The molecule has 110 valence electrons. The molecule has 4 heteroatoms. The molecule has 0 amide bonds. The Morgan fingerprint density at radius 1 is 1.00 bits per heavy atom. The predicted molar refractivity (Wildman–Crippen MR) is 78.8 cm³/mol. The zero-order chi connectivity index (χ0) is 14.9. The predicted octanol–water partition coefficient (Wildman–Crippen LogP) is 2.42. The molecule has 0 bridgehead atoms. The van der Waals surface area contributed by atoms with Gasteiger partial charge in [-0.3, -0.25) is 0 Å². The van der Waals surface area contributed by atoms with Gasteiger partial charge in [0.1, 0.15) is 6.10 Å². The minimum Gasteiger partial charge on any atom is -0.454 e. The lowest BCUT2D eigenvalue weighted by atomic mass is 10.2. The Labute approximate surface area is 123 Å². The molecule has 2 rings (SSSR count). The van der Waals surface area contributed by atoms with Crippen LogP contribution in [0.1, 0.15) is 15.9 Å². The Kier molecular flexibility index (Phi) is 5.94. The molecular formula is C17H18O4. The van der Waals surface area contributed by atoms with E-state index in [4.69, 9.17) is 9.47 Å². The number of aliphatic hydroxyl groups excluding tert-OH is 1. The van der Waals surface area contributed by atoms with Crippen molar-refractivity contribution in [3.63, 3.8) is 0 Å². The molecule has 2 aromatic carbocycles. The largest absolute Gasteiger partial charge is 0.454 e. The van der Waals surface area contributed by atoms with Crippen LogP contribution in [-0.2, 0) is 16.1 Å². The van der Waals surface area contributed by atoms with Crippen LogP contribution in [0, 0.1) is 0 Å². The Morgan fingerprint density at radius 2 is 1.62 bits per heavy atom. The van der Waals surface area contributed by atoms with Crippen LogP contribution < -0.4 is 0 Å². The van der Waals surface area contributed by atoms with E-state index in [1.165, 1.54) is 0 Å². The molecular weight excluding hydrogens is 268 g/mol. The Balaban J connectivity index is 1.79. The first-order valence-corrected chi connectivity index (χ1v) is 6.78. The van der Waals surface area contributed by atoms with Crippen LogP contribution in [0.5, 0.6) is 0 Å². The quantitative estimate of drug-likeness (QED) is 0.794. The van der Waals surface area contributed by atoms with Gasteiger partial charge in [-0.05, 0) is 17.7 Å². The lowest BCUT2D eigenvalue weighted by Crippen LogP contribution is -2.27. The summed E-state index contributed by atoms with van der Waals surface area (Å²) in [6.07, 6.45) is -0.665. The van der Waals surface area contributed by atoms with Gasteiger partial charge in [-0.1, -0.05) is 48.5 Å². The monoisotopic (exact) mass is 286 g/mol. The van der Waals surface area contributed by atoms with Crippen molar-refractivity contribution in [1.29, 1.82) is 0 Å². The summed E-state index contributed by atoms with van der Waals surface area (Å²) in [5.41, 5.74) is 1.49. The molecule has 1 atom stereocenters. The van der Waals surface area contributed by atoms with Crippen molar-refractivity contribution in [2.24, 2.45) is 0 Å². The number of rotatable bonds is 7.